The molecule has 2 unspecified atom stereocenters. The van der Waals surface area contributed by atoms with Crippen molar-refractivity contribution in [3.05, 3.63) is 71.8 Å². The zero-order valence-corrected chi connectivity index (χ0v) is 11.6. The van der Waals surface area contributed by atoms with Gasteiger partial charge in [-0.15, -0.1) is 0 Å². The van der Waals surface area contributed by atoms with Gasteiger partial charge in [-0.3, -0.25) is 4.90 Å². The number of benzene rings is 2. The highest BCUT2D eigenvalue weighted by Gasteiger charge is 2.45. The van der Waals surface area contributed by atoms with E-state index in [0.717, 1.165) is 6.54 Å². The van der Waals surface area contributed by atoms with Gasteiger partial charge < -0.3 is 0 Å². The predicted molar refractivity (Wildman–Crippen MR) is 81.1 cm³/mol. The minimum Gasteiger partial charge on any atom is -0.284 e. The van der Waals surface area contributed by atoms with Crippen LogP contribution in [0, 0.1) is 0 Å². The molecule has 1 fully saturated rings. The molecule has 1 aliphatic rings. The van der Waals surface area contributed by atoms with Crippen LogP contribution in [0.1, 0.15) is 31.0 Å². The zero-order chi connectivity index (χ0) is 12.6. The first-order valence-electron chi connectivity index (χ1n) is 6.57. The van der Waals surface area contributed by atoms with Crippen LogP contribution in [0.3, 0.4) is 0 Å². The Hall–Kier alpha value is -1.54. The van der Waals surface area contributed by atoms with Crippen molar-refractivity contribution in [2.24, 2.45) is 0 Å². The average molecular weight is 248 g/mol. The fourth-order valence-electron chi connectivity index (χ4n) is 2.73. The molecule has 0 spiro atoms. The molecule has 19 heavy (non-hydrogen) atoms. The molecule has 1 nitrogen and oxygen atoms in total. The van der Waals surface area contributed by atoms with Crippen LogP contribution < -0.4 is 0 Å². The first kappa shape index (κ1) is 13.9. The lowest BCUT2D eigenvalue weighted by Gasteiger charge is -2.28. The third kappa shape index (κ3) is 2.59. The number of rotatable bonds is 3. The van der Waals surface area contributed by atoms with Crippen LogP contribution in [0.4, 0.5) is 0 Å². The van der Waals surface area contributed by atoms with Crippen LogP contribution in [0.5, 0.6) is 0 Å². The Balaban J connectivity index is 0.00000133. The monoisotopic (exact) mass is 248 g/mol. The molecule has 3 radical (unpaired) electrons. The van der Waals surface area contributed by atoms with Crippen molar-refractivity contribution < 1.29 is 0 Å². The van der Waals surface area contributed by atoms with Crippen LogP contribution in [0.2, 0.25) is 0 Å². The van der Waals surface area contributed by atoms with Crippen LogP contribution in [-0.2, 0) is 5.54 Å². The Morgan fingerprint density at radius 1 is 0.895 bits per heavy atom. The Kier molecular flexibility index (Phi) is 3.82. The Labute approximate surface area is 117 Å². The van der Waals surface area contributed by atoms with E-state index in [2.05, 4.69) is 79.4 Å². The molecule has 95 valence electrons. The summed E-state index contributed by atoms with van der Waals surface area (Å²) in [7, 11) is 0. The molecule has 1 aliphatic heterocycles. The molecule has 2 aromatic carbocycles. The van der Waals surface area contributed by atoms with E-state index < -0.39 is 0 Å². The van der Waals surface area contributed by atoms with Gasteiger partial charge in [-0.25, -0.2) is 0 Å². The van der Waals surface area contributed by atoms with Crippen LogP contribution >= 0.6 is 0 Å². The van der Waals surface area contributed by atoms with Gasteiger partial charge in [0.25, 0.3) is 0 Å². The first-order valence-corrected chi connectivity index (χ1v) is 6.57. The van der Waals surface area contributed by atoms with Gasteiger partial charge in [0.15, 0.2) is 0 Å². The molecule has 3 rings (SSSR count). The summed E-state index contributed by atoms with van der Waals surface area (Å²) < 4.78 is 0. The molecule has 0 N–H and O–H groups in total. The predicted octanol–water partition coefficient (Wildman–Crippen LogP) is 3.60. The molecular weight excluding hydrogens is 229 g/mol. The van der Waals surface area contributed by atoms with Gasteiger partial charge in [0.2, 0.25) is 0 Å². The van der Waals surface area contributed by atoms with Crippen LogP contribution in [0.15, 0.2) is 60.7 Å². The third-order valence-corrected chi connectivity index (χ3v) is 3.99. The number of nitrogens with zero attached hydrogens (tertiary/aromatic N) is 1. The lowest BCUT2D eigenvalue weighted by molar-refractivity contribution is 0.265. The largest absolute Gasteiger partial charge is 0.284 e. The van der Waals surface area contributed by atoms with Gasteiger partial charge >= 0.3 is 0 Å². The molecule has 0 aliphatic carbocycles. The molecule has 0 saturated carbocycles. The van der Waals surface area contributed by atoms with Gasteiger partial charge in [0, 0.05) is 26.5 Å². The molecule has 2 atom stereocenters. The fraction of sp³-hybridized carbons (Fsp3) is 0.294. The molecule has 2 heteroatoms. The van der Waals surface area contributed by atoms with Crippen LogP contribution in [-0.4, -0.2) is 19.9 Å². The highest BCUT2D eigenvalue weighted by Crippen LogP contribution is 2.45. The normalized spacial score (nSPS) is 21.6. The molecule has 1 saturated heterocycles. The lowest BCUT2D eigenvalue weighted by atomic mass is 9.94. The third-order valence-electron chi connectivity index (χ3n) is 3.99. The van der Waals surface area contributed by atoms with E-state index in [4.69, 9.17) is 0 Å². The van der Waals surface area contributed by atoms with Crippen molar-refractivity contribution >= 4 is 8.41 Å². The number of hydrogen-bond acceptors (Lipinski definition) is 1. The molecule has 0 bridgehead atoms. The SMILES string of the molecule is CC(C)(c1ccccc1)N1CC1c1ccccc1.[B]. The summed E-state index contributed by atoms with van der Waals surface area (Å²) in [5.41, 5.74) is 2.94. The summed E-state index contributed by atoms with van der Waals surface area (Å²) in [6, 6.07) is 22.1. The summed E-state index contributed by atoms with van der Waals surface area (Å²) in [5.74, 6) is 0. The van der Waals surface area contributed by atoms with Crippen molar-refractivity contribution in [2.75, 3.05) is 6.54 Å². The second-order valence-corrected chi connectivity index (χ2v) is 5.50. The fourth-order valence-corrected chi connectivity index (χ4v) is 2.73. The van der Waals surface area contributed by atoms with E-state index in [1.165, 1.54) is 11.1 Å². The standard InChI is InChI=1S/C17H19N.B/c1-17(2,15-11-7-4-8-12-15)18-13-16(18)14-9-5-3-6-10-14;/h3-12,16H,13H2,1-2H3;. The van der Waals surface area contributed by atoms with Crippen molar-refractivity contribution in [1.29, 1.82) is 0 Å². The smallest absolute Gasteiger partial charge is 0.0485 e. The maximum atomic E-state index is 2.55. The highest BCUT2D eigenvalue weighted by molar-refractivity contribution is 5.75. The van der Waals surface area contributed by atoms with Crippen LogP contribution in [0.25, 0.3) is 0 Å². The van der Waals surface area contributed by atoms with Gasteiger partial charge in [0.05, 0.1) is 0 Å². The van der Waals surface area contributed by atoms with Crippen molar-refractivity contribution in [3.63, 3.8) is 0 Å². The first-order chi connectivity index (χ1) is 8.69. The minimum atomic E-state index is 0. The second kappa shape index (κ2) is 5.22. The maximum absolute atomic E-state index is 2.55. The molecule has 1 heterocycles. The second-order valence-electron chi connectivity index (χ2n) is 5.50. The molecule has 0 aromatic heterocycles. The lowest BCUT2D eigenvalue weighted by Crippen LogP contribution is -2.27. The summed E-state index contributed by atoms with van der Waals surface area (Å²) in [6.07, 6.45) is 0. The highest BCUT2D eigenvalue weighted by atomic mass is 15.4. The average Bonchev–Trinajstić information content (AvgIpc) is 3.22. The van der Waals surface area contributed by atoms with Gasteiger partial charge in [0.1, 0.15) is 0 Å². The van der Waals surface area contributed by atoms with E-state index in [1.807, 2.05) is 0 Å². The van der Waals surface area contributed by atoms with Gasteiger partial charge in [-0.1, -0.05) is 60.7 Å². The Morgan fingerprint density at radius 3 is 2.00 bits per heavy atom. The Morgan fingerprint density at radius 2 is 1.42 bits per heavy atom. The van der Waals surface area contributed by atoms with E-state index in [0.29, 0.717) is 6.04 Å². The van der Waals surface area contributed by atoms with Crippen molar-refractivity contribution in [2.45, 2.75) is 25.4 Å². The van der Waals surface area contributed by atoms with Crippen molar-refractivity contribution in [3.8, 4) is 0 Å². The quantitative estimate of drug-likeness (QED) is 0.592. The number of hydrogen-bond donors (Lipinski definition) is 0. The maximum Gasteiger partial charge on any atom is 0.0485 e. The minimum absolute atomic E-state index is 0. The zero-order valence-electron chi connectivity index (χ0n) is 11.6. The molecule has 0 amide bonds. The molecular formula is C17H19BN. The van der Waals surface area contributed by atoms with E-state index in [9.17, 15) is 0 Å². The summed E-state index contributed by atoms with van der Waals surface area (Å²) in [6.45, 7) is 5.78. The van der Waals surface area contributed by atoms with Gasteiger partial charge in [-0.2, -0.15) is 0 Å². The van der Waals surface area contributed by atoms with E-state index >= 15 is 0 Å². The van der Waals surface area contributed by atoms with E-state index in [1.54, 1.807) is 0 Å². The van der Waals surface area contributed by atoms with E-state index in [-0.39, 0.29) is 14.0 Å². The summed E-state index contributed by atoms with van der Waals surface area (Å²) >= 11 is 0. The van der Waals surface area contributed by atoms with Gasteiger partial charge in [-0.05, 0) is 25.0 Å². The Bertz CT molecular complexity index is 521. The topological polar surface area (TPSA) is 3.01 Å². The van der Waals surface area contributed by atoms with Crippen molar-refractivity contribution in [1.82, 2.24) is 4.90 Å². The molecule has 2 aromatic rings. The summed E-state index contributed by atoms with van der Waals surface area (Å²) in [5, 5.41) is 0. The summed E-state index contributed by atoms with van der Waals surface area (Å²) in [4.78, 5) is 2.55.